The van der Waals surface area contributed by atoms with Gasteiger partial charge in [-0.15, -0.1) is 0 Å². The van der Waals surface area contributed by atoms with Gasteiger partial charge in [-0.1, -0.05) is 6.42 Å². The Bertz CT molecular complexity index is 519. The van der Waals surface area contributed by atoms with Gasteiger partial charge in [0.05, 0.1) is 7.11 Å². The van der Waals surface area contributed by atoms with Crippen LogP contribution in [0.1, 0.15) is 32.1 Å². The van der Waals surface area contributed by atoms with Crippen molar-refractivity contribution < 1.29 is 9.53 Å². The van der Waals surface area contributed by atoms with E-state index < -0.39 is 0 Å². The van der Waals surface area contributed by atoms with Gasteiger partial charge in [-0.2, -0.15) is 0 Å². The first-order valence-corrected chi connectivity index (χ1v) is 8.56. The fourth-order valence-electron chi connectivity index (χ4n) is 2.60. The monoisotopic (exact) mass is 335 g/mol. The van der Waals surface area contributed by atoms with Crippen LogP contribution in [0.4, 0.5) is 5.69 Å². The van der Waals surface area contributed by atoms with E-state index in [-0.39, 0.29) is 0 Å². The van der Waals surface area contributed by atoms with Gasteiger partial charge in [0.25, 0.3) is 0 Å². The topological polar surface area (TPSA) is 53.6 Å². The molecule has 1 aromatic carbocycles. The minimum absolute atomic E-state index is 0.293. The zero-order valence-electron chi connectivity index (χ0n) is 13.6. The molecule has 1 aliphatic rings. The molecule has 0 spiro atoms. The van der Waals surface area contributed by atoms with Gasteiger partial charge in [-0.05, 0) is 55.7 Å². The van der Waals surface area contributed by atoms with E-state index in [1.165, 1.54) is 0 Å². The second-order valence-electron chi connectivity index (χ2n) is 5.65. The molecule has 1 heterocycles. The summed E-state index contributed by atoms with van der Waals surface area (Å²) in [6.45, 7) is 2.45. The summed E-state index contributed by atoms with van der Waals surface area (Å²) >= 11 is 5.28. The van der Waals surface area contributed by atoms with Gasteiger partial charge >= 0.3 is 0 Å². The lowest BCUT2D eigenvalue weighted by Crippen LogP contribution is -2.35. The van der Waals surface area contributed by atoms with Crippen molar-refractivity contribution in [2.75, 3.05) is 32.1 Å². The van der Waals surface area contributed by atoms with Crippen molar-refractivity contribution in [1.82, 2.24) is 10.2 Å². The first-order valence-electron chi connectivity index (χ1n) is 8.16. The number of anilines is 1. The van der Waals surface area contributed by atoms with Crippen molar-refractivity contribution >= 4 is 28.9 Å². The highest BCUT2D eigenvalue weighted by molar-refractivity contribution is 7.80. The SMILES string of the molecule is COc1ccc(NC(=S)NCCCN2CCCCCC2=O)cc1. The number of amides is 1. The quantitative estimate of drug-likeness (QED) is 0.618. The summed E-state index contributed by atoms with van der Waals surface area (Å²) in [5, 5.41) is 6.91. The van der Waals surface area contributed by atoms with E-state index in [2.05, 4.69) is 10.6 Å². The Morgan fingerprint density at radius 2 is 2.04 bits per heavy atom. The number of hydrogen-bond donors (Lipinski definition) is 2. The first-order chi connectivity index (χ1) is 11.2. The van der Waals surface area contributed by atoms with Crippen LogP contribution in [0.2, 0.25) is 0 Å². The highest BCUT2D eigenvalue weighted by Crippen LogP contribution is 2.15. The number of benzene rings is 1. The maximum atomic E-state index is 11.9. The lowest BCUT2D eigenvalue weighted by Gasteiger charge is -2.20. The molecule has 5 nitrogen and oxygen atoms in total. The molecule has 23 heavy (non-hydrogen) atoms. The molecule has 0 aliphatic carbocycles. The van der Waals surface area contributed by atoms with Gasteiger partial charge < -0.3 is 20.3 Å². The van der Waals surface area contributed by atoms with E-state index in [9.17, 15) is 4.79 Å². The summed E-state index contributed by atoms with van der Waals surface area (Å²) < 4.78 is 5.12. The van der Waals surface area contributed by atoms with E-state index in [1.54, 1.807) is 7.11 Å². The van der Waals surface area contributed by atoms with Gasteiger partial charge in [0.2, 0.25) is 5.91 Å². The van der Waals surface area contributed by atoms with Crippen molar-refractivity contribution in [2.45, 2.75) is 32.1 Å². The van der Waals surface area contributed by atoms with Gasteiger partial charge in [0.1, 0.15) is 5.75 Å². The molecule has 0 bridgehead atoms. The largest absolute Gasteiger partial charge is 0.497 e. The smallest absolute Gasteiger partial charge is 0.222 e. The molecule has 1 fully saturated rings. The Kier molecular flexibility index (Phi) is 7.13. The maximum Gasteiger partial charge on any atom is 0.222 e. The minimum Gasteiger partial charge on any atom is -0.497 e. The van der Waals surface area contributed by atoms with E-state index in [4.69, 9.17) is 17.0 Å². The number of likely N-dealkylation sites (tertiary alicyclic amines) is 1. The van der Waals surface area contributed by atoms with Crippen LogP contribution < -0.4 is 15.4 Å². The predicted octanol–water partition coefficient (Wildman–Crippen LogP) is 2.77. The third-order valence-electron chi connectivity index (χ3n) is 3.91. The number of carbonyl (C=O) groups is 1. The zero-order valence-corrected chi connectivity index (χ0v) is 14.5. The van der Waals surface area contributed by atoms with Gasteiger partial charge in [0.15, 0.2) is 5.11 Å². The van der Waals surface area contributed by atoms with Crippen molar-refractivity contribution in [3.8, 4) is 5.75 Å². The van der Waals surface area contributed by atoms with Gasteiger partial charge in [-0.25, -0.2) is 0 Å². The summed E-state index contributed by atoms with van der Waals surface area (Å²) in [4.78, 5) is 13.9. The zero-order chi connectivity index (χ0) is 16.5. The Hall–Kier alpha value is -1.82. The highest BCUT2D eigenvalue weighted by atomic mass is 32.1. The Labute approximate surface area is 143 Å². The number of carbonyl (C=O) groups excluding carboxylic acids is 1. The molecular weight excluding hydrogens is 310 g/mol. The number of methoxy groups -OCH3 is 1. The molecule has 6 heteroatoms. The standard InChI is InChI=1S/C17H25N3O2S/c1-22-15-9-7-14(8-10-15)19-17(23)18-11-5-13-20-12-4-2-3-6-16(20)21/h7-10H,2-6,11-13H2,1H3,(H2,18,19,23). The predicted molar refractivity (Wildman–Crippen MR) is 96.9 cm³/mol. The molecule has 1 saturated heterocycles. The summed E-state index contributed by atoms with van der Waals surface area (Å²) in [6.07, 6.45) is 4.91. The van der Waals surface area contributed by atoms with Crippen LogP contribution in [-0.4, -0.2) is 42.7 Å². The average Bonchev–Trinajstić information content (AvgIpc) is 2.77. The maximum absolute atomic E-state index is 11.9. The van der Waals surface area contributed by atoms with Crippen LogP contribution in [-0.2, 0) is 4.79 Å². The number of thiocarbonyl (C=S) groups is 1. The Morgan fingerprint density at radius 1 is 1.26 bits per heavy atom. The fourth-order valence-corrected chi connectivity index (χ4v) is 2.82. The highest BCUT2D eigenvalue weighted by Gasteiger charge is 2.15. The van der Waals surface area contributed by atoms with Gasteiger partial charge in [-0.3, -0.25) is 4.79 Å². The van der Waals surface area contributed by atoms with Crippen LogP contribution in [0.25, 0.3) is 0 Å². The van der Waals surface area contributed by atoms with E-state index in [1.807, 2.05) is 29.2 Å². The van der Waals surface area contributed by atoms with Crippen molar-refractivity contribution in [3.05, 3.63) is 24.3 Å². The number of ether oxygens (including phenoxy) is 1. The molecule has 0 saturated carbocycles. The molecule has 1 amide bonds. The fraction of sp³-hybridized carbons (Fsp3) is 0.529. The molecule has 2 rings (SSSR count). The lowest BCUT2D eigenvalue weighted by atomic mass is 10.2. The summed E-state index contributed by atoms with van der Waals surface area (Å²) in [7, 11) is 1.64. The normalized spacial score (nSPS) is 15.0. The Balaban J connectivity index is 1.65. The third-order valence-corrected chi connectivity index (χ3v) is 4.16. The summed E-state index contributed by atoms with van der Waals surface area (Å²) in [5.41, 5.74) is 0.922. The number of nitrogens with zero attached hydrogens (tertiary/aromatic N) is 1. The third kappa shape index (κ3) is 6.06. The molecule has 0 aromatic heterocycles. The van der Waals surface area contributed by atoms with Crippen LogP contribution in [0, 0.1) is 0 Å². The molecule has 1 aliphatic heterocycles. The lowest BCUT2D eigenvalue weighted by molar-refractivity contribution is -0.130. The first kappa shape index (κ1) is 17.5. The van der Waals surface area contributed by atoms with Crippen LogP contribution in [0.3, 0.4) is 0 Å². The molecule has 1 aromatic rings. The van der Waals surface area contributed by atoms with Crippen molar-refractivity contribution in [1.29, 1.82) is 0 Å². The molecule has 0 radical (unpaired) electrons. The van der Waals surface area contributed by atoms with Crippen LogP contribution >= 0.6 is 12.2 Å². The van der Waals surface area contributed by atoms with E-state index in [0.29, 0.717) is 17.4 Å². The summed E-state index contributed by atoms with van der Waals surface area (Å²) in [5.74, 6) is 1.11. The minimum atomic E-state index is 0.293. The van der Waals surface area contributed by atoms with E-state index >= 15 is 0 Å². The van der Waals surface area contributed by atoms with Gasteiger partial charge in [0, 0.05) is 31.7 Å². The number of hydrogen-bond acceptors (Lipinski definition) is 3. The van der Waals surface area contributed by atoms with Crippen molar-refractivity contribution in [2.24, 2.45) is 0 Å². The molecular formula is C17H25N3O2S. The number of nitrogens with one attached hydrogen (secondary N) is 2. The average molecular weight is 335 g/mol. The number of rotatable bonds is 6. The van der Waals surface area contributed by atoms with Crippen LogP contribution in [0.5, 0.6) is 5.75 Å². The van der Waals surface area contributed by atoms with Crippen LogP contribution in [0.15, 0.2) is 24.3 Å². The second-order valence-corrected chi connectivity index (χ2v) is 6.06. The molecule has 2 N–H and O–H groups in total. The summed E-state index contributed by atoms with van der Waals surface area (Å²) in [6, 6.07) is 7.61. The molecule has 126 valence electrons. The second kappa shape index (κ2) is 9.35. The van der Waals surface area contributed by atoms with Crippen molar-refractivity contribution in [3.63, 3.8) is 0 Å². The van der Waals surface area contributed by atoms with E-state index in [0.717, 1.165) is 56.8 Å². The molecule has 0 atom stereocenters. The Morgan fingerprint density at radius 3 is 2.78 bits per heavy atom. The molecule has 0 unspecified atom stereocenters.